The fraction of sp³-hybridized carbons (Fsp3) is 0.130. The number of amides is 1. The molecule has 0 aliphatic rings. The number of hydrogen-bond donors (Lipinski definition) is 1. The summed E-state index contributed by atoms with van der Waals surface area (Å²) < 4.78 is 3.17. The molecule has 1 N–H and O–H groups in total. The highest BCUT2D eigenvalue weighted by atomic mass is 16.2. The van der Waals surface area contributed by atoms with Crippen molar-refractivity contribution in [1.29, 1.82) is 0 Å². The number of carbonyl (C=O) groups excluding carboxylic acids is 1. The predicted octanol–water partition coefficient (Wildman–Crippen LogP) is 2.01. The molecule has 0 saturated heterocycles. The molecule has 9 nitrogen and oxygen atoms in total. The van der Waals surface area contributed by atoms with Gasteiger partial charge in [-0.2, -0.15) is 5.10 Å². The third kappa shape index (κ3) is 3.83. The van der Waals surface area contributed by atoms with Gasteiger partial charge in [-0.25, -0.2) is 14.6 Å². The summed E-state index contributed by atoms with van der Waals surface area (Å²) in [7, 11) is 0. The third-order valence-electron chi connectivity index (χ3n) is 5.11. The summed E-state index contributed by atoms with van der Waals surface area (Å²) in [6.45, 7) is 1.11. The summed E-state index contributed by atoms with van der Waals surface area (Å²) in [5, 5.41) is 7.53. The van der Waals surface area contributed by atoms with E-state index in [1.807, 2.05) is 54.6 Å². The molecule has 32 heavy (non-hydrogen) atoms. The van der Waals surface area contributed by atoms with E-state index in [2.05, 4.69) is 25.4 Å². The fourth-order valence-corrected chi connectivity index (χ4v) is 3.49. The average molecular weight is 425 g/mol. The Morgan fingerprint density at radius 1 is 0.938 bits per heavy atom. The molecule has 0 atom stereocenters. The van der Waals surface area contributed by atoms with Crippen LogP contribution in [0.15, 0.2) is 78.1 Å². The maximum Gasteiger partial charge on any atom is 0.271 e. The lowest BCUT2D eigenvalue weighted by molar-refractivity contribution is 0.0947. The van der Waals surface area contributed by atoms with E-state index in [4.69, 9.17) is 0 Å². The number of hydrogen-bond acceptors (Lipinski definition) is 6. The van der Waals surface area contributed by atoms with Crippen LogP contribution in [0, 0.1) is 0 Å². The Labute approximate surface area is 182 Å². The molecule has 0 spiro atoms. The first-order chi connectivity index (χ1) is 15.7. The van der Waals surface area contributed by atoms with Crippen molar-refractivity contribution in [3.63, 3.8) is 0 Å². The molecular weight excluding hydrogens is 406 g/mol. The van der Waals surface area contributed by atoms with Crippen molar-refractivity contribution in [2.75, 3.05) is 6.54 Å². The maximum atomic E-state index is 12.8. The summed E-state index contributed by atoms with van der Waals surface area (Å²) in [4.78, 5) is 38.3. The summed E-state index contributed by atoms with van der Waals surface area (Å²) in [5.41, 5.74) is 2.99. The second-order valence-electron chi connectivity index (χ2n) is 7.27. The molecule has 0 saturated carbocycles. The first-order valence-corrected chi connectivity index (χ1v) is 10.1. The Morgan fingerprint density at radius 3 is 2.56 bits per heavy atom. The van der Waals surface area contributed by atoms with Gasteiger partial charge in [-0.1, -0.05) is 42.5 Å². The van der Waals surface area contributed by atoms with Crippen molar-refractivity contribution in [2.24, 2.45) is 0 Å². The smallest absolute Gasteiger partial charge is 0.271 e. The minimum absolute atomic E-state index is 0.152. The van der Waals surface area contributed by atoms with Crippen LogP contribution in [-0.4, -0.2) is 41.8 Å². The quantitative estimate of drug-likeness (QED) is 0.446. The molecule has 0 aliphatic heterocycles. The zero-order valence-electron chi connectivity index (χ0n) is 17.0. The second-order valence-corrected chi connectivity index (χ2v) is 7.27. The molecule has 0 bridgehead atoms. The molecule has 0 unspecified atom stereocenters. The van der Waals surface area contributed by atoms with Gasteiger partial charge in [0.2, 0.25) is 0 Å². The Morgan fingerprint density at radius 2 is 1.72 bits per heavy atom. The van der Waals surface area contributed by atoms with Gasteiger partial charge in [-0.3, -0.25) is 19.1 Å². The molecule has 2 aromatic carbocycles. The number of aromatic nitrogens is 6. The van der Waals surface area contributed by atoms with Crippen LogP contribution >= 0.6 is 0 Å². The van der Waals surface area contributed by atoms with Crippen molar-refractivity contribution in [3.05, 3.63) is 94.9 Å². The lowest BCUT2D eigenvalue weighted by Gasteiger charge is -2.07. The number of benzene rings is 2. The highest BCUT2D eigenvalue weighted by Crippen LogP contribution is 2.09. The lowest BCUT2D eigenvalue weighted by Crippen LogP contribution is -2.28. The lowest BCUT2D eigenvalue weighted by atomic mass is 10.2. The zero-order chi connectivity index (χ0) is 21.9. The fourth-order valence-electron chi connectivity index (χ4n) is 3.49. The molecular formula is C23H19N7O2. The van der Waals surface area contributed by atoms with Crippen LogP contribution in [-0.2, 0) is 13.1 Å². The Balaban J connectivity index is 1.27. The van der Waals surface area contributed by atoms with Gasteiger partial charge in [-0.05, 0) is 17.7 Å². The van der Waals surface area contributed by atoms with E-state index in [1.165, 1.54) is 18.7 Å². The normalized spacial score (nSPS) is 11.1. The molecule has 5 rings (SSSR count). The first-order valence-electron chi connectivity index (χ1n) is 10.1. The minimum Gasteiger partial charge on any atom is -0.349 e. The van der Waals surface area contributed by atoms with Crippen LogP contribution in [0.5, 0.6) is 0 Å². The maximum absolute atomic E-state index is 12.8. The molecule has 0 aliphatic carbocycles. The number of nitrogens with one attached hydrogen (secondary N) is 1. The zero-order valence-corrected chi connectivity index (χ0v) is 17.0. The molecule has 5 aromatic rings. The van der Waals surface area contributed by atoms with E-state index in [1.54, 1.807) is 9.25 Å². The summed E-state index contributed by atoms with van der Waals surface area (Å²) >= 11 is 0. The first kappa shape index (κ1) is 19.6. The highest BCUT2D eigenvalue weighted by Gasteiger charge is 2.12. The highest BCUT2D eigenvalue weighted by molar-refractivity contribution is 5.93. The van der Waals surface area contributed by atoms with Crippen LogP contribution in [0.1, 0.15) is 16.1 Å². The van der Waals surface area contributed by atoms with E-state index in [0.29, 0.717) is 36.2 Å². The third-order valence-corrected chi connectivity index (χ3v) is 5.11. The number of carbonyl (C=O) groups is 1. The van der Waals surface area contributed by atoms with Crippen LogP contribution in [0.4, 0.5) is 0 Å². The van der Waals surface area contributed by atoms with Gasteiger partial charge >= 0.3 is 0 Å². The Hall–Kier alpha value is -4.40. The molecule has 3 heterocycles. The van der Waals surface area contributed by atoms with E-state index in [-0.39, 0.29) is 17.2 Å². The van der Waals surface area contributed by atoms with Crippen molar-refractivity contribution < 1.29 is 4.79 Å². The average Bonchev–Trinajstić information content (AvgIpc) is 3.25. The van der Waals surface area contributed by atoms with Crippen molar-refractivity contribution >= 4 is 28.0 Å². The van der Waals surface area contributed by atoms with E-state index in [0.717, 1.165) is 11.1 Å². The van der Waals surface area contributed by atoms with Gasteiger partial charge in [-0.15, -0.1) is 0 Å². The molecule has 9 heteroatoms. The van der Waals surface area contributed by atoms with Gasteiger partial charge in [0, 0.05) is 6.54 Å². The topological polar surface area (TPSA) is 108 Å². The number of fused-ring (bicyclic) bond motifs is 2. The minimum atomic E-state index is -0.321. The SMILES string of the molecule is O=C(NCCn1ncc2c(=O)n(Cc3ccccc3)cnc21)c1cnc2ccccc2n1. The second kappa shape index (κ2) is 8.38. The number of nitrogens with zero attached hydrogens (tertiary/aromatic N) is 6. The van der Waals surface area contributed by atoms with Crippen molar-refractivity contribution in [2.45, 2.75) is 13.1 Å². The Bertz CT molecular complexity index is 1470. The molecule has 3 aromatic heterocycles. The molecule has 0 fully saturated rings. The van der Waals surface area contributed by atoms with E-state index >= 15 is 0 Å². The van der Waals surface area contributed by atoms with Crippen LogP contribution < -0.4 is 10.9 Å². The van der Waals surface area contributed by atoms with E-state index in [9.17, 15) is 9.59 Å². The van der Waals surface area contributed by atoms with Crippen LogP contribution in [0.3, 0.4) is 0 Å². The summed E-state index contributed by atoms with van der Waals surface area (Å²) in [6.07, 6.45) is 4.50. The van der Waals surface area contributed by atoms with E-state index < -0.39 is 0 Å². The van der Waals surface area contributed by atoms with Crippen molar-refractivity contribution in [1.82, 2.24) is 34.6 Å². The van der Waals surface area contributed by atoms with Gasteiger partial charge in [0.05, 0.1) is 36.5 Å². The van der Waals surface area contributed by atoms with Crippen LogP contribution in [0.2, 0.25) is 0 Å². The van der Waals surface area contributed by atoms with Crippen LogP contribution in [0.25, 0.3) is 22.1 Å². The summed E-state index contributed by atoms with van der Waals surface area (Å²) in [5.74, 6) is -0.321. The number of rotatable bonds is 6. The molecule has 1 amide bonds. The van der Waals surface area contributed by atoms with Gasteiger partial charge < -0.3 is 5.32 Å². The molecule has 0 radical (unpaired) electrons. The van der Waals surface area contributed by atoms with Gasteiger partial charge in [0.25, 0.3) is 11.5 Å². The van der Waals surface area contributed by atoms with Gasteiger partial charge in [0.15, 0.2) is 5.65 Å². The largest absolute Gasteiger partial charge is 0.349 e. The molecule has 158 valence electrons. The summed E-state index contributed by atoms with van der Waals surface area (Å²) in [6, 6.07) is 17.1. The monoisotopic (exact) mass is 425 g/mol. The standard InChI is InChI=1S/C23H19N7O2/c31-22(20-13-25-18-8-4-5-9-19(18)28-20)24-10-11-30-21-17(12-27-30)23(32)29(15-26-21)14-16-6-2-1-3-7-16/h1-9,12-13,15H,10-11,14H2,(H,24,31). The van der Waals surface area contributed by atoms with Gasteiger partial charge in [0.1, 0.15) is 17.4 Å². The predicted molar refractivity (Wildman–Crippen MR) is 119 cm³/mol. The number of para-hydroxylation sites is 2. The van der Waals surface area contributed by atoms with Crippen molar-refractivity contribution in [3.8, 4) is 0 Å². The Kier molecular flexibility index (Phi) is 5.12.